The quantitative estimate of drug-likeness (QED) is 0.656. The summed E-state index contributed by atoms with van der Waals surface area (Å²) in [6, 6.07) is 4.88. The summed E-state index contributed by atoms with van der Waals surface area (Å²) in [4.78, 5) is 12.6. The minimum absolute atomic E-state index is 0.0174. The lowest BCUT2D eigenvalue weighted by Gasteiger charge is -2.32. The van der Waals surface area contributed by atoms with Gasteiger partial charge in [0.25, 0.3) is 12.0 Å². The molecule has 2 atom stereocenters. The van der Waals surface area contributed by atoms with Gasteiger partial charge in [0, 0.05) is 31.7 Å². The molecular weight excluding hydrogens is 262 g/mol. The maximum Gasteiger partial charge on any atom is 0.273 e. The molecule has 2 heterocycles. The van der Waals surface area contributed by atoms with E-state index in [2.05, 4.69) is 17.1 Å². The van der Waals surface area contributed by atoms with Gasteiger partial charge in [0.05, 0.1) is 17.5 Å². The van der Waals surface area contributed by atoms with Crippen LogP contribution in [0.25, 0.3) is 0 Å². The second-order valence-corrected chi connectivity index (χ2v) is 5.17. The topological polar surface area (TPSA) is 76.9 Å². The van der Waals surface area contributed by atoms with Crippen molar-refractivity contribution in [1.82, 2.24) is 10.2 Å². The molecule has 1 aromatic carbocycles. The zero-order valence-electron chi connectivity index (χ0n) is 11.2. The molecule has 0 spiro atoms. The molecule has 0 aliphatic carbocycles. The Bertz CT molecular complexity index is 522. The molecular formula is C13H17N3O4. The minimum atomic E-state index is -0.436. The summed E-state index contributed by atoms with van der Waals surface area (Å²) >= 11 is 0. The fraction of sp³-hybridized carbons (Fsp3) is 0.538. The van der Waals surface area contributed by atoms with Crippen LogP contribution in [0, 0.1) is 10.1 Å². The Morgan fingerprint density at radius 1 is 1.45 bits per heavy atom. The Kier molecular flexibility index (Phi) is 3.45. The van der Waals surface area contributed by atoms with Gasteiger partial charge in [-0.25, -0.2) is 0 Å². The Morgan fingerprint density at radius 2 is 2.25 bits per heavy atom. The number of nitrogens with zero attached hydrogens (tertiary/aromatic N) is 2. The third kappa shape index (κ3) is 2.68. The molecule has 2 aliphatic heterocycles. The van der Waals surface area contributed by atoms with E-state index in [1.165, 1.54) is 12.1 Å². The van der Waals surface area contributed by atoms with Gasteiger partial charge >= 0.3 is 0 Å². The average Bonchev–Trinajstić information content (AvgIpc) is 2.79. The number of nitro benzene ring substituents is 1. The molecule has 108 valence electrons. The predicted octanol–water partition coefficient (Wildman–Crippen LogP) is 0.986. The second-order valence-electron chi connectivity index (χ2n) is 5.17. The SMILES string of the molecule is CC1CN(CC2Oc3ccc([N+](=O)[O-])cc3O2)CCN1. The van der Waals surface area contributed by atoms with Crippen molar-refractivity contribution in [2.24, 2.45) is 0 Å². The zero-order chi connectivity index (χ0) is 14.1. The number of ether oxygens (including phenoxy) is 2. The maximum absolute atomic E-state index is 10.7. The van der Waals surface area contributed by atoms with E-state index < -0.39 is 11.2 Å². The van der Waals surface area contributed by atoms with Crippen molar-refractivity contribution >= 4 is 5.69 Å². The van der Waals surface area contributed by atoms with Crippen molar-refractivity contribution in [2.45, 2.75) is 19.3 Å². The van der Waals surface area contributed by atoms with Crippen molar-refractivity contribution in [3.05, 3.63) is 28.3 Å². The number of hydrogen-bond donors (Lipinski definition) is 1. The Labute approximate surface area is 116 Å². The van der Waals surface area contributed by atoms with E-state index in [-0.39, 0.29) is 5.69 Å². The summed E-state index contributed by atoms with van der Waals surface area (Å²) in [6.45, 7) is 5.64. The lowest BCUT2D eigenvalue weighted by molar-refractivity contribution is -0.384. The fourth-order valence-electron chi connectivity index (χ4n) is 2.57. The number of hydrogen-bond acceptors (Lipinski definition) is 6. The number of nitro groups is 1. The second kappa shape index (κ2) is 5.26. The first-order valence-electron chi connectivity index (χ1n) is 6.69. The van der Waals surface area contributed by atoms with E-state index >= 15 is 0 Å². The summed E-state index contributed by atoms with van der Waals surface area (Å²) in [5, 5.41) is 14.1. The summed E-state index contributed by atoms with van der Waals surface area (Å²) < 4.78 is 11.3. The highest BCUT2D eigenvalue weighted by molar-refractivity contribution is 5.50. The standard InChI is InChI=1S/C13H17N3O4/c1-9-7-15(5-4-14-9)8-13-19-11-3-2-10(16(17)18)6-12(11)20-13/h2-3,6,9,13-14H,4-5,7-8H2,1H3. The van der Waals surface area contributed by atoms with E-state index in [0.29, 0.717) is 24.1 Å². The van der Waals surface area contributed by atoms with Gasteiger partial charge < -0.3 is 14.8 Å². The molecule has 2 aliphatic rings. The number of non-ortho nitro benzene ring substituents is 1. The molecule has 1 saturated heterocycles. The lowest BCUT2D eigenvalue weighted by Crippen LogP contribution is -2.52. The molecule has 0 amide bonds. The van der Waals surface area contributed by atoms with Crippen LogP contribution in [0.2, 0.25) is 0 Å². The van der Waals surface area contributed by atoms with Crippen molar-refractivity contribution in [2.75, 3.05) is 26.2 Å². The Balaban J connectivity index is 1.63. The first-order chi connectivity index (χ1) is 9.61. The van der Waals surface area contributed by atoms with Gasteiger partial charge in [-0.05, 0) is 13.0 Å². The Hall–Kier alpha value is -1.86. The minimum Gasteiger partial charge on any atom is -0.450 e. The fourth-order valence-corrected chi connectivity index (χ4v) is 2.57. The molecule has 2 unspecified atom stereocenters. The van der Waals surface area contributed by atoms with Gasteiger partial charge in [0.1, 0.15) is 0 Å². The van der Waals surface area contributed by atoms with Gasteiger partial charge in [-0.1, -0.05) is 0 Å². The van der Waals surface area contributed by atoms with Crippen molar-refractivity contribution < 1.29 is 14.4 Å². The average molecular weight is 279 g/mol. The van der Waals surface area contributed by atoms with E-state index in [4.69, 9.17) is 9.47 Å². The molecule has 0 radical (unpaired) electrons. The highest BCUT2D eigenvalue weighted by Gasteiger charge is 2.29. The molecule has 0 saturated carbocycles. The van der Waals surface area contributed by atoms with Crippen LogP contribution in [0.1, 0.15) is 6.92 Å². The largest absolute Gasteiger partial charge is 0.450 e. The zero-order valence-corrected chi connectivity index (χ0v) is 11.2. The van der Waals surface area contributed by atoms with Crippen LogP contribution in [0.15, 0.2) is 18.2 Å². The first-order valence-corrected chi connectivity index (χ1v) is 6.69. The summed E-state index contributed by atoms with van der Waals surface area (Å²) in [6.07, 6.45) is -0.391. The van der Waals surface area contributed by atoms with Gasteiger partial charge in [-0.15, -0.1) is 0 Å². The third-order valence-electron chi connectivity index (χ3n) is 3.52. The van der Waals surface area contributed by atoms with Gasteiger partial charge in [-0.3, -0.25) is 15.0 Å². The van der Waals surface area contributed by atoms with E-state index in [1.54, 1.807) is 6.07 Å². The van der Waals surface area contributed by atoms with Crippen LogP contribution in [0.4, 0.5) is 5.69 Å². The van der Waals surface area contributed by atoms with Crippen LogP contribution < -0.4 is 14.8 Å². The normalized spacial score (nSPS) is 25.6. The molecule has 3 rings (SSSR count). The van der Waals surface area contributed by atoms with Crippen LogP contribution in [0.3, 0.4) is 0 Å². The van der Waals surface area contributed by atoms with Gasteiger partial charge in [0.2, 0.25) is 0 Å². The number of benzene rings is 1. The van der Waals surface area contributed by atoms with Crippen molar-refractivity contribution in [3.63, 3.8) is 0 Å². The van der Waals surface area contributed by atoms with Crippen molar-refractivity contribution in [1.29, 1.82) is 0 Å². The maximum atomic E-state index is 10.7. The molecule has 20 heavy (non-hydrogen) atoms. The molecule has 1 N–H and O–H groups in total. The number of nitrogens with one attached hydrogen (secondary N) is 1. The van der Waals surface area contributed by atoms with Crippen LogP contribution in [0.5, 0.6) is 11.5 Å². The highest BCUT2D eigenvalue weighted by atomic mass is 16.7. The predicted molar refractivity (Wildman–Crippen MR) is 72.0 cm³/mol. The smallest absolute Gasteiger partial charge is 0.273 e. The highest BCUT2D eigenvalue weighted by Crippen LogP contribution is 2.37. The van der Waals surface area contributed by atoms with Crippen LogP contribution in [-0.2, 0) is 0 Å². The van der Waals surface area contributed by atoms with Gasteiger partial charge in [0.15, 0.2) is 11.5 Å². The van der Waals surface area contributed by atoms with E-state index in [1.807, 2.05) is 0 Å². The summed E-state index contributed by atoms with van der Waals surface area (Å²) in [5.74, 6) is 1.02. The summed E-state index contributed by atoms with van der Waals surface area (Å²) in [5.41, 5.74) is 0.0174. The first kappa shape index (κ1) is 13.1. The van der Waals surface area contributed by atoms with E-state index in [0.717, 1.165) is 19.6 Å². The molecule has 1 fully saturated rings. The molecule has 7 nitrogen and oxygen atoms in total. The number of piperazine rings is 1. The van der Waals surface area contributed by atoms with Crippen LogP contribution >= 0.6 is 0 Å². The van der Waals surface area contributed by atoms with Gasteiger partial charge in [-0.2, -0.15) is 0 Å². The Morgan fingerprint density at radius 3 is 3.00 bits per heavy atom. The molecule has 1 aromatic rings. The van der Waals surface area contributed by atoms with E-state index in [9.17, 15) is 10.1 Å². The third-order valence-corrected chi connectivity index (χ3v) is 3.52. The number of fused-ring (bicyclic) bond motifs is 1. The number of rotatable bonds is 3. The molecule has 0 aromatic heterocycles. The lowest BCUT2D eigenvalue weighted by atomic mass is 10.2. The van der Waals surface area contributed by atoms with Crippen molar-refractivity contribution in [3.8, 4) is 11.5 Å². The molecule has 7 heteroatoms. The monoisotopic (exact) mass is 279 g/mol. The molecule has 0 bridgehead atoms. The summed E-state index contributed by atoms with van der Waals surface area (Å²) in [7, 11) is 0. The van der Waals surface area contributed by atoms with Crippen LogP contribution in [-0.4, -0.2) is 48.3 Å².